The van der Waals surface area contributed by atoms with E-state index in [9.17, 15) is 9.59 Å². The average Bonchev–Trinajstić information content (AvgIpc) is 3.82. The van der Waals surface area contributed by atoms with Crippen molar-refractivity contribution in [2.24, 2.45) is 0 Å². The quantitative estimate of drug-likeness (QED) is 0.0830. The highest BCUT2D eigenvalue weighted by atomic mass is 16.1. The van der Waals surface area contributed by atoms with Crippen molar-refractivity contribution in [1.82, 2.24) is 30.2 Å². The van der Waals surface area contributed by atoms with Crippen molar-refractivity contribution < 1.29 is 9.59 Å². The Labute approximate surface area is 284 Å². The molecule has 0 radical (unpaired) electrons. The van der Waals surface area contributed by atoms with Gasteiger partial charge in [0.05, 0.1) is 0 Å². The molecule has 0 saturated heterocycles. The van der Waals surface area contributed by atoms with Crippen LogP contribution in [0, 0.1) is 0 Å². The molecular formula is C41H34N6O2. The number of benzene rings is 5. The molecule has 240 valence electrons. The highest BCUT2D eigenvalue weighted by molar-refractivity contribution is 6.01. The van der Waals surface area contributed by atoms with Gasteiger partial charge in [-0.25, -0.2) is 9.67 Å². The number of hydrogen-bond donors (Lipinski definition) is 1. The Morgan fingerprint density at radius 3 is 1.84 bits per heavy atom. The van der Waals surface area contributed by atoms with Gasteiger partial charge in [-0.3, -0.25) is 9.59 Å². The van der Waals surface area contributed by atoms with E-state index >= 15 is 0 Å². The predicted octanol–water partition coefficient (Wildman–Crippen LogP) is 7.76. The first kappa shape index (κ1) is 31.3. The van der Waals surface area contributed by atoms with Gasteiger partial charge in [0.15, 0.2) is 17.9 Å². The Bertz CT molecular complexity index is 2090. The maximum absolute atomic E-state index is 13.2. The van der Waals surface area contributed by atoms with Crippen LogP contribution in [0.3, 0.4) is 0 Å². The van der Waals surface area contributed by atoms with E-state index in [1.54, 1.807) is 0 Å². The molecule has 2 heterocycles. The maximum Gasteiger partial charge on any atom is 0.187 e. The van der Waals surface area contributed by atoms with Gasteiger partial charge in [-0.1, -0.05) is 146 Å². The summed E-state index contributed by atoms with van der Waals surface area (Å²) in [4.78, 5) is 32.2. The third kappa shape index (κ3) is 5.89. The number of carbonyl (C=O) groups is 2. The number of aryl methyl sites for hydroxylation is 1. The number of tetrazole rings is 1. The smallest absolute Gasteiger partial charge is 0.187 e. The van der Waals surface area contributed by atoms with Gasteiger partial charge in [-0.05, 0) is 50.2 Å². The van der Waals surface area contributed by atoms with Gasteiger partial charge in [0.1, 0.15) is 22.8 Å². The second-order valence-corrected chi connectivity index (χ2v) is 11.9. The summed E-state index contributed by atoms with van der Waals surface area (Å²) >= 11 is 0. The van der Waals surface area contributed by atoms with Crippen LogP contribution in [-0.2, 0) is 18.4 Å². The van der Waals surface area contributed by atoms with E-state index in [2.05, 4.69) is 62.7 Å². The van der Waals surface area contributed by atoms with Crippen LogP contribution >= 0.6 is 0 Å². The molecule has 8 nitrogen and oxygen atoms in total. The molecule has 49 heavy (non-hydrogen) atoms. The lowest BCUT2D eigenvalue weighted by atomic mass is 9.77. The Hall–Kier alpha value is -6.28. The molecule has 0 atom stereocenters. The first-order valence-corrected chi connectivity index (χ1v) is 16.3. The van der Waals surface area contributed by atoms with Crippen LogP contribution in [0.1, 0.15) is 62.4 Å². The van der Waals surface area contributed by atoms with E-state index in [0.29, 0.717) is 24.4 Å². The number of aromatic nitrogens is 6. The van der Waals surface area contributed by atoms with Crippen molar-refractivity contribution in [3.05, 3.63) is 179 Å². The summed E-state index contributed by atoms with van der Waals surface area (Å²) in [6.07, 6.45) is 2.33. The molecule has 2 aromatic heterocycles. The molecule has 1 N–H and O–H groups in total. The number of aromatic amines is 1. The summed E-state index contributed by atoms with van der Waals surface area (Å²) in [5.41, 5.74) is 6.17. The van der Waals surface area contributed by atoms with E-state index in [0.717, 1.165) is 45.4 Å². The number of rotatable bonds is 12. The van der Waals surface area contributed by atoms with Crippen molar-refractivity contribution >= 4 is 12.1 Å². The summed E-state index contributed by atoms with van der Waals surface area (Å²) in [5.74, 6) is 1.05. The second kappa shape index (κ2) is 13.8. The minimum absolute atomic E-state index is 0.130. The predicted molar refractivity (Wildman–Crippen MR) is 189 cm³/mol. The second-order valence-electron chi connectivity index (χ2n) is 11.9. The molecule has 7 rings (SSSR count). The van der Waals surface area contributed by atoms with Gasteiger partial charge < -0.3 is 4.98 Å². The van der Waals surface area contributed by atoms with Gasteiger partial charge in [-0.2, -0.15) is 0 Å². The normalized spacial score (nSPS) is 11.4. The Morgan fingerprint density at radius 1 is 0.735 bits per heavy atom. The minimum Gasteiger partial charge on any atom is -0.339 e. The van der Waals surface area contributed by atoms with E-state index in [4.69, 9.17) is 5.21 Å². The molecule has 7 aromatic rings. The van der Waals surface area contributed by atoms with Crippen LogP contribution in [0.2, 0.25) is 0 Å². The number of Topliss-reactive ketones (excluding diaryl/α,β-unsaturated/α-hetero) is 1. The van der Waals surface area contributed by atoms with Crippen molar-refractivity contribution in [3.8, 4) is 22.5 Å². The van der Waals surface area contributed by atoms with Crippen molar-refractivity contribution in [3.63, 3.8) is 0 Å². The highest BCUT2D eigenvalue weighted by Gasteiger charge is 2.42. The molecule has 0 fully saturated rings. The molecule has 0 aliphatic carbocycles. The zero-order chi connectivity index (χ0) is 33.6. The lowest BCUT2D eigenvalue weighted by Crippen LogP contribution is -2.39. The van der Waals surface area contributed by atoms with E-state index in [-0.39, 0.29) is 23.6 Å². The standard InChI is InChI=1S/C41H34N6O2/c1-2-14-38-42-36(28-48)39(43-38)37(49)27-29-23-25-30(26-24-29)34-21-12-13-22-35(34)40-44-45-46-47(40)41(31-15-6-3-7-16-31,32-17-8-4-9-18-32)33-19-10-5-11-20-33/h3-13,15-26,28H,2,14,27H2,1H3,(H,42,43). The molecule has 0 aliphatic rings. The molecule has 0 aliphatic heterocycles. The number of imidazole rings is 1. The molecule has 0 saturated carbocycles. The van der Waals surface area contributed by atoms with E-state index < -0.39 is 5.54 Å². The summed E-state index contributed by atoms with van der Waals surface area (Å²) in [6.45, 7) is 2.02. The Morgan fingerprint density at radius 2 is 1.29 bits per heavy atom. The Kier molecular flexibility index (Phi) is 8.84. The van der Waals surface area contributed by atoms with Gasteiger partial charge >= 0.3 is 0 Å². The number of aldehydes is 1. The number of ketones is 1. The van der Waals surface area contributed by atoms with Crippen molar-refractivity contribution in [2.45, 2.75) is 31.7 Å². The first-order valence-electron chi connectivity index (χ1n) is 16.3. The summed E-state index contributed by atoms with van der Waals surface area (Å²) in [6, 6.07) is 46.9. The Balaban J connectivity index is 1.30. The van der Waals surface area contributed by atoms with Gasteiger partial charge in [0, 0.05) is 18.4 Å². The lowest BCUT2D eigenvalue weighted by Gasteiger charge is -2.36. The van der Waals surface area contributed by atoms with E-state index in [1.165, 1.54) is 0 Å². The summed E-state index contributed by atoms with van der Waals surface area (Å²) in [7, 11) is 0. The fourth-order valence-corrected chi connectivity index (χ4v) is 6.58. The summed E-state index contributed by atoms with van der Waals surface area (Å²) in [5, 5.41) is 13.6. The number of carbonyl (C=O) groups excluding carboxylic acids is 2. The lowest BCUT2D eigenvalue weighted by molar-refractivity contribution is 0.0981. The monoisotopic (exact) mass is 642 g/mol. The number of nitrogens with one attached hydrogen (secondary N) is 1. The minimum atomic E-state index is -0.885. The van der Waals surface area contributed by atoms with Gasteiger partial charge in [0.25, 0.3) is 0 Å². The molecule has 8 heteroatoms. The third-order valence-corrected chi connectivity index (χ3v) is 8.81. The average molecular weight is 643 g/mol. The van der Waals surface area contributed by atoms with Crippen LogP contribution in [-0.4, -0.2) is 42.2 Å². The zero-order valence-corrected chi connectivity index (χ0v) is 27.0. The fourth-order valence-electron chi connectivity index (χ4n) is 6.58. The summed E-state index contributed by atoms with van der Waals surface area (Å²) < 4.78 is 1.93. The maximum atomic E-state index is 13.2. The SMILES string of the molecule is CCCc1nc(C(=O)Cc2ccc(-c3ccccc3-c3nnnn3C(c3ccccc3)(c3ccccc3)c3ccccc3)cc2)c(C=O)[nH]1. The third-order valence-electron chi connectivity index (χ3n) is 8.81. The van der Waals surface area contributed by atoms with Gasteiger partial charge in [-0.15, -0.1) is 5.10 Å². The van der Waals surface area contributed by atoms with Gasteiger partial charge in [0.2, 0.25) is 0 Å². The number of nitrogens with zero attached hydrogens (tertiary/aromatic N) is 5. The number of hydrogen-bond acceptors (Lipinski definition) is 6. The molecule has 5 aromatic carbocycles. The fraction of sp³-hybridized carbons (Fsp3) is 0.122. The molecular weight excluding hydrogens is 608 g/mol. The van der Waals surface area contributed by atoms with Crippen LogP contribution in [0.15, 0.2) is 140 Å². The van der Waals surface area contributed by atoms with Crippen LogP contribution in [0.5, 0.6) is 0 Å². The molecule has 0 bridgehead atoms. The first-order chi connectivity index (χ1) is 24.1. The molecule has 0 unspecified atom stereocenters. The largest absolute Gasteiger partial charge is 0.339 e. The zero-order valence-electron chi connectivity index (χ0n) is 27.0. The topological polar surface area (TPSA) is 106 Å². The van der Waals surface area contributed by atoms with Crippen LogP contribution in [0.4, 0.5) is 0 Å². The highest BCUT2D eigenvalue weighted by Crippen LogP contribution is 2.43. The molecule has 0 spiro atoms. The van der Waals surface area contributed by atoms with Crippen LogP contribution < -0.4 is 0 Å². The molecule has 0 amide bonds. The van der Waals surface area contributed by atoms with Crippen molar-refractivity contribution in [2.75, 3.05) is 0 Å². The number of H-pyrrole nitrogens is 1. The van der Waals surface area contributed by atoms with E-state index in [1.807, 2.05) is 109 Å². The van der Waals surface area contributed by atoms with Crippen LogP contribution in [0.25, 0.3) is 22.5 Å². The van der Waals surface area contributed by atoms with Crippen molar-refractivity contribution in [1.29, 1.82) is 0 Å².